The smallest absolute Gasteiger partial charge is 0.351 e. The van der Waals surface area contributed by atoms with Gasteiger partial charge in [-0.05, 0) is 25.5 Å². The molecule has 0 unspecified atom stereocenters. The van der Waals surface area contributed by atoms with Crippen molar-refractivity contribution < 1.29 is 14.3 Å². The van der Waals surface area contributed by atoms with Crippen molar-refractivity contribution in [3.8, 4) is 5.75 Å². The lowest BCUT2D eigenvalue weighted by molar-refractivity contribution is 0.0976. The first-order chi connectivity index (χ1) is 9.00. The molecule has 0 saturated heterocycles. The van der Waals surface area contributed by atoms with Crippen molar-refractivity contribution in [2.75, 3.05) is 0 Å². The summed E-state index contributed by atoms with van der Waals surface area (Å²) in [7, 11) is 0. The van der Waals surface area contributed by atoms with Gasteiger partial charge >= 0.3 is 5.63 Å². The summed E-state index contributed by atoms with van der Waals surface area (Å²) in [6.07, 6.45) is 0.608. The van der Waals surface area contributed by atoms with Crippen LogP contribution in [0.25, 0.3) is 11.0 Å². The van der Waals surface area contributed by atoms with Gasteiger partial charge in [0.2, 0.25) is 0 Å². The number of benzene rings is 1. The third-order valence-corrected chi connectivity index (χ3v) is 2.84. The second kappa shape index (κ2) is 5.10. The second-order valence-electron chi connectivity index (χ2n) is 4.49. The van der Waals surface area contributed by atoms with Gasteiger partial charge in [0.15, 0.2) is 5.78 Å². The summed E-state index contributed by atoms with van der Waals surface area (Å²) in [6.45, 7) is 5.50. The van der Waals surface area contributed by atoms with Crippen molar-refractivity contribution in [2.24, 2.45) is 0 Å². The van der Waals surface area contributed by atoms with E-state index in [1.807, 2.05) is 0 Å². The van der Waals surface area contributed by atoms with Crippen LogP contribution in [0.2, 0.25) is 0 Å². The van der Waals surface area contributed by atoms with E-state index in [9.17, 15) is 14.7 Å². The Balaban J connectivity index is 2.51. The van der Waals surface area contributed by atoms with E-state index in [1.54, 1.807) is 31.2 Å². The van der Waals surface area contributed by atoms with Gasteiger partial charge in [-0.25, -0.2) is 4.79 Å². The number of allylic oxidation sites excluding steroid dienone is 1. The molecule has 0 aliphatic heterocycles. The van der Waals surface area contributed by atoms with Crippen LogP contribution in [0.15, 0.2) is 45.6 Å². The van der Waals surface area contributed by atoms with Crippen LogP contribution < -0.4 is 5.63 Å². The van der Waals surface area contributed by atoms with Crippen molar-refractivity contribution in [2.45, 2.75) is 19.8 Å². The van der Waals surface area contributed by atoms with Crippen molar-refractivity contribution >= 4 is 16.8 Å². The molecule has 0 radical (unpaired) electrons. The van der Waals surface area contributed by atoms with Gasteiger partial charge in [0.25, 0.3) is 0 Å². The average Bonchev–Trinajstić information content (AvgIpc) is 2.36. The van der Waals surface area contributed by atoms with Gasteiger partial charge in [0.1, 0.15) is 16.9 Å². The van der Waals surface area contributed by atoms with E-state index in [0.717, 1.165) is 5.57 Å². The van der Waals surface area contributed by atoms with E-state index in [-0.39, 0.29) is 23.3 Å². The maximum atomic E-state index is 12.0. The third-order valence-electron chi connectivity index (χ3n) is 2.84. The molecule has 1 N–H and O–H groups in total. The number of hydrogen-bond acceptors (Lipinski definition) is 4. The lowest BCUT2D eigenvalue weighted by atomic mass is 10.0. The summed E-state index contributed by atoms with van der Waals surface area (Å²) in [6, 6.07) is 6.55. The van der Waals surface area contributed by atoms with Gasteiger partial charge in [-0.3, -0.25) is 4.79 Å². The number of ketones is 1. The molecule has 1 aromatic heterocycles. The fourth-order valence-electron chi connectivity index (χ4n) is 1.83. The number of carbonyl (C=O) groups excluding carboxylic acids is 1. The topological polar surface area (TPSA) is 67.5 Å². The van der Waals surface area contributed by atoms with Gasteiger partial charge in [-0.2, -0.15) is 0 Å². The maximum Gasteiger partial charge on any atom is 0.351 e. The molecule has 4 nitrogen and oxygen atoms in total. The Hall–Kier alpha value is -2.36. The van der Waals surface area contributed by atoms with Gasteiger partial charge in [0, 0.05) is 6.42 Å². The molecular formula is C15H14O4. The lowest BCUT2D eigenvalue weighted by Gasteiger charge is -2.05. The summed E-state index contributed by atoms with van der Waals surface area (Å²) in [4.78, 5) is 23.7. The molecule has 4 heteroatoms. The molecule has 0 atom stereocenters. The standard InChI is InChI=1S/C15H14O4/c1-9(2)7-8-11(16)13-14(17)10-5-3-4-6-12(10)19-15(13)18/h3-6,17H,1,7-8H2,2H3. The summed E-state index contributed by atoms with van der Waals surface area (Å²) in [5, 5.41) is 10.4. The largest absolute Gasteiger partial charge is 0.506 e. The van der Waals surface area contributed by atoms with Crippen LogP contribution >= 0.6 is 0 Å². The molecule has 98 valence electrons. The van der Waals surface area contributed by atoms with Crippen molar-refractivity contribution in [1.82, 2.24) is 0 Å². The molecule has 0 bridgehead atoms. The fraction of sp³-hybridized carbons (Fsp3) is 0.200. The molecule has 1 aromatic carbocycles. The molecule has 2 aromatic rings. The lowest BCUT2D eigenvalue weighted by Crippen LogP contribution is -2.14. The number of Topliss-reactive ketones (excluding diaryl/α,β-unsaturated/α-hetero) is 1. The Morgan fingerprint density at radius 3 is 2.68 bits per heavy atom. The normalized spacial score (nSPS) is 10.6. The summed E-state index contributed by atoms with van der Waals surface area (Å²) in [5.41, 5.74) is 0.0299. The van der Waals surface area contributed by atoms with Crippen LogP contribution in [0.3, 0.4) is 0 Å². The first-order valence-corrected chi connectivity index (χ1v) is 5.93. The average molecular weight is 258 g/mol. The zero-order valence-electron chi connectivity index (χ0n) is 10.6. The van der Waals surface area contributed by atoms with Crippen molar-refractivity contribution in [1.29, 1.82) is 0 Å². The Labute approximate surface area is 110 Å². The Bertz CT molecular complexity index is 710. The highest BCUT2D eigenvalue weighted by Gasteiger charge is 2.20. The SMILES string of the molecule is C=C(C)CCC(=O)c1c(O)c2ccccc2oc1=O. The predicted molar refractivity (Wildman–Crippen MR) is 72.5 cm³/mol. The minimum Gasteiger partial charge on any atom is -0.506 e. The number of rotatable bonds is 4. The molecule has 0 amide bonds. The summed E-state index contributed by atoms with van der Waals surface area (Å²) < 4.78 is 5.04. The van der Waals surface area contributed by atoms with E-state index in [1.165, 1.54) is 0 Å². The molecule has 0 aliphatic rings. The second-order valence-corrected chi connectivity index (χ2v) is 4.49. The van der Waals surface area contributed by atoms with Crippen molar-refractivity contribution in [3.63, 3.8) is 0 Å². The fourth-order valence-corrected chi connectivity index (χ4v) is 1.83. The summed E-state index contributed by atoms with van der Waals surface area (Å²) in [5.74, 6) is -0.737. The van der Waals surface area contributed by atoms with E-state index >= 15 is 0 Å². The zero-order valence-corrected chi connectivity index (χ0v) is 10.6. The Morgan fingerprint density at radius 1 is 1.32 bits per heavy atom. The Kier molecular flexibility index (Phi) is 3.51. The molecule has 2 rings (SSSR count). The molecule has 0 aliphatic carbocycles. The van der Waals surface area contributed by atoms with Gasteiger partial charge < -0.3 is 9.52 Å². The minimum absolute atomic E-state index is 0.131. The molecule has 0 fully saturated rings. The zero-order chi connectivity index (χ0) is 14.0. The van der Waals surface area contributed by atoms with Crippen LogP contribution in [0.1, 0.15) is 30.1 Å². The van der Waals surface area contributed by atoms with E-state index in [0.29, 0.717) is 11.8 Å². The minimum atomic E-state index is -0.803. The third kappa shape index (κ3) is 2.57. The molecule has 0 spiro atoms. The molecule has 0 saturated carbocycles. The van der Waals surface area contributed by atoms with Gasteiger partial charge in [-0.15, -0.1) is 6.58 Å². The summed E-state index contributed by atoms with van der Waals surface area (Å²) >= 11 is 0. The van der Waals surface area contributed by atoms with E-state index < -0.39 is 11.4 Å². The monoisotopic (exact) mass is 258 g/mol. The number of carbonyl (C=O) groups is 1. The predicted octanol–water partition coefficient (Wildman–Crippen LogP) is 3.04. The number of para-hydroxylation sites is 1. The maximum absolute atomic E-state index is 12.0. The molecular weight excluding hydrogens is 244 g/mol. The molecule has 19 heavy (non-hydrogen) atoms. The highest BCUT2D eigenvalue weighted by atomic mass is 16.4. The van der Waals surface area contributed by atoms with E-state index in [4.69, 9.17) is 4.42 Å². The number of hydrogen-bond donors (Lipinski definition) is 1. The highest BCUT2D eigenvalue weighted by Crippen LogP contribution is 2.27. The van der Waals surface area contributed by atoms with E-state index in [2.05, 4.69) is 6.58 Å². The van der Waals surface area contributed by atoms with Crippen LogP contribution in [0.4, 0.5) is 0 Å². The quantitative estimate of drug-likeness (QED) is 0.520. The van der Waals surface area contributed by atoms with Crippen LogP contribution in [0.5, 0.6) is 5.75 Å². The Morgan fingerprint density at radius 2 is 2.00 bits per heavy atom. The first kappa shape index (κ1) is 13.1. The number of aromatic hydroxyl groups is 1. The van der Waals surface area contributed by atoms with Crippen LogP contribution in [-0.2, 0) is 0 Å². The van der Waals surface area contributed by atoms with Gasteiger partial charge in [-0.1, -0.05) is 17.7 Å². The van der Waals surface area contributed by atoms with Crippen LogP contribution in [-0.4, -0.2) is 10.9 Å². The van der Waals surface area contributed by atoms with Gasteiger partial charge in [0.05, 0.1) is 5.39 Å². The first-order valence-electron chi connectivity index (χ1n) is 5.93. The molecule has 1 heterocycles. The van der Waals surface area contributed by atoms with Crippen molar-refractivity contribution in [3.05, 3.63) is 52.4 Å². The number of fused-ring (bicyclic) bond motifs is 1. The van der Waals surface area contributed by atoms with Crippen LogP contribution in [0, 0.1) is 0 Å². The highest BCUT2D eigenvalue weighted by molar-refractivity contribution is 6.02.